The number of nitrogens with one attached hydrogen (secondary N) is 1. The quantitative estimate of drug-likeness (QED) is 0.836. The van der Waals surface area contributed by atoms with E-state index in [0.29, 0.717) is 22.8 Å². The van der Waals surface area contributed by atoms with Crippen molar-refractivity contribution in [2.75, 3.05) is 0 Å². The minimum absolute atomic E-state index is 0.0975. The van der Waals surface area contributed by atoms with Crippen molar-refractivity contribution >= 4 is 18.0 Å². The number of hydrogen-bond donors (Lipinski definition) is 1. The van der Waals surface area contributed by atoms with Gasteiger partial charge in [0.1, 0.15) is 11.2 Å². The molecule has 1 atom stereocenters. The Morgan fingerprint density at radius 2 is 2.05 bits per heavy atom. The first-order chi connectivity index (χ1) is 8.88. The van der Waals surface area contributed by atoms with Gasteiger partial charge in [-0.1, -0.05) is 13.8 Å². The zero-order valence-electron chi connectivity index (χ0n) is 11.5. The molecular formula is C14H17N3O2. The van der Waals surface area contributed by atoms with E-state index in [1.54, 1.807) is 19.1 Å². The van der Waals surface area contributed by atoms with Crippen molar-refractivity contribution in [2.24, 2.45) is 10.9 Å². The van der Waals surface area contributed by atoms with Gasteiger partial charge in [0.15, 0.2) is 12.1 Å². The molecule has 1 unspecified atom stereocenters. The van der Waals surface area contributed by atoms with Crippen molar-refractivity contribution in [2.45, 2.75) is 33.2 Å². The van der Waals surface area contributed by atoms with E-state index >= 15 is 0 Å². The highest BCUT2D eigenvalue weighted by Crippen LogP contribution is 2.26. The van der Waals surface area contributed by atoms with E-state index in [4.69, 9.17) is 0 Å². The van der Waals surface area contributed by atoms with Crippen molar-refractivity contribution < 1.29 is 9.59 Å². The van der Waals surface area contributed by atoms with Crippen LogP contribution < -0.4 is 5.32 Å². The minimum atomic E-state index is -0.756. The van der Waals surface area contributed by atoms with Gasteiger partial charge in [-0.05, 0) is 31.9 Å². The molecule has 2 heterocycles. The molecule has 1 aliphatic rings. The maximum Gasteiger partial charge on any atom is 0.253 e. The van der Waals surface area contributed by atoms with Gasteiger partial charge in [-0.2, -0.15) is 0 Å². The Hall–Kier alpha value is -2.04. The summed E-state index contributed by atoms with van der Waals surface area (Å²) in [5.74, 6) is 0.457. The monoisotopic (exact) mass is 259 g/mol. The molecule has 0 fully saturated rings. The Balaban J connectivity index is 2.41. The van der Waals surface area contributed by atoms with Crippen LogP contribution in [0.2, 0.25) is 0 Å². The summed E-state index contributed by atoms with van der Waals surface area (Å²) in [6.45, 7) is 7.49. The summed E-state index contributed by atoms with van der Waals surface area (Å²) < 4.78 is 0. The van der Waals surface area contributed by atoms with Crippen molar-refractivity contribution in [1.82, 2.24) is 10.3 Å². The molecule has 0 aliphatic carbocycles. The summed E-state index contributed by atoms with van der Waals surface area (Å²) in [6.07, 6.45) is 0.763. The number of aldehydes is 1. The Kier molecular flexibility index (Phi) is 3.22. The van der Waals surface area contributed by atoms with Crippen LogP contribution in [0.3, 0.4) is 0 Å². The summed E-state index contributed by atoms with van der Waals surface area (Å²) in [7, 11) is 0. The van der Waals surface area contributed by atoms with E-state index < -0.39 is 5.54 Å². The van der Waals surface area contributed by atoms with Crippen molar-refractivity contribution in [3.8, 4) is 0 Å². The Morgan fingerprint density at radius 1 is 1.37 bits per heavy atom. The topological polar surface area (TPSA) is 71.4 Å². The predicted molar refractivity (Wildman–Crippen MR) is 72.3 cm³/mol. The van der Waals surface area contributed by atoms with Gasteiger partial charge in [-0.15, -0.1) is 0 Å². The molecular weight excluding hydrogens is 242 g/mol. The molecule has 1 amide bonds. The van der Waals surface area contributed by atoms with Crippen LogP contribution in [0.4, 0.5) is 0 Å². The van der Waals surface area contributed by atoms with Crippen LogP contribution in [0, 0.1) is 12.8 Å². The number of aromatic nitrogens is 1. The smallest absolute Gasteiger partial charge is 0.253 e. The molecule has 2 rings (SSSR count). The Labute approximate surface area is 112 Å². The van der Waals surface area contributed by atoms with E-state index in [1.807, 2.05) is 20.8 Å². The van der Waals surface area contributed by atoms with Crippen LogP contribution in [-0.2, 0) is 4.79 Å². The third-order valence-electron chi connectivity index (χ3n) is 3.66. The number of rotatable bonds is 3. The normalized spacial score (nSPS) is 22.4. The number of hydrogen-bond acceptors (Lipinski definition) is 4. The van der Waals surface area contributed by atoms with Gasteiger partial charge < -0.3 is 5.32 Å². The largest absolute Gasteiger partial charge is 0.307 e. The lowest BCUT2D eigenvalue weighted by Crippen LogP contribution is -2.41. The summed E-state index contributed by atoms with van der Waals surface area (Å²) in [4.78, 5) is 31.6. The molecule has 0 saturated carbocycles. The lowest BCUT2D eigenvalue weighted by molar-refractivity contribution is -0.124. The number of carbonyl (C=O) groups is 2. The van der Waals surface area contributed by atoms with Crippen molar-refractivity contribution in [3.63, 3.8) is 0 Å². The molecule has 1 aliphatic heterocycles. The zero-order valence-corrected chi connectivity index (χ0v) is 11.5. The summed E-state index contributed by atoms with van der Waals surface area (Å²) >= 11 is 0. The van der Waals surface area contributed by atoms with Gasteiger partial charge in [0, 0.05) is 11.3 Å². The van der Waals surface area contributed by atoms with Crippen molar-refractivity contribution in [3.05, 3.63) is 29.1 Å². The summed E-state index contributed by atoms with van der Waals surface area (Å²) in [5.41, 5.74) is 0.998. The highest BCUT2D eigenvalue weighted by Gasteiger charge is 2.42. The number of pyridine rings is 1. The first-order valence-corrected chi connectivity index (χ1v) is 6.23. The second-order valence-corrected chi connectivity index (χ2v) is 5.21. The third-order valence-corrected chi connectivity index (χ3v) is 3.66. The van der Waals surface area contributed by atoms with Gasteiger partial charge in [-0.3, -0.25) is 9.59 Å². The highest BCUT2D eigenvalue weighted by atomic mass is 16.2. The van der Waals surface area contributed by atoms with Gasteiger partial charge >= 0.3 is 0 Å². The number of nitrogens with zero attached hydrogens (tertiary/aromatic N) is 2. The number of amidine groups is 1. The van der Waals surface area contributed by atoms with Gasteiger partial charge in [0.25, 0.3) is 5.91 Å². The third kappa shape index (κ3) is 2.16. The fourth-order valence-electron chi connectivity index (χ4n) is 1.89. The number of aryl methyl sites for hydroxylation is 1. The molecule has 0 bridgehead atoms. The number of carbonyl (C=O) groups excluding carboxylic acids is 2. The predicted octanol–water partition coefficient (Wildman–Crippen LogP) is 1.49. The van der Waals surface area contributed by atoms with Gasteiger partial charge in [0.05, 0.1) is 0 Å². The van der Waals surface area contributed by atoms with Crippen LogP contribution in [0.1, 0.15) is 42.5 Å². The molecule has 5 heteroatoms. The molecule has 0 radical (unpaired) electrons. The molecule has 0 spiro atoms. The van der Waals surface area contributed by atoms with Crippen LogP contribution in [0.15, 0.2) is 17.1 Å². The maximum atomic E-state index is 12.0. The van der Waals surface area contributed by atoms with E-state index in [-0.39, 0.29) is 11.8 Å². The first-order valence-electron chi connectivity index (χ1n) is 6.23. The second kappa shape index (κ2) is 4.57. The van der Waals surface area contributed by atoms with Crippen LogP contribution >= 0.6 is 0 Å². The molecule has 5 nitrogen and oxygen atoms in total. The lowest BCUT2D eigenvalue weighted by atomic mass is 9.89. The Morgan fingerprint density at radius 3 is 2.53 bits per heavy atom. The number of amides is 1. The fraction of sp³-hybridized carbons (Fsp3) is 0.429. The molecule has 0 saturated heterocycles. The molecule has 1 aromatic rings. The van der Waals surface area contributed by atoms with Gasteiger partial charge in [0.2, 0.25) is 0 Å². The fourth-order valence-corrected chi connectivity index (χ4v) is 1.89. The summed E-state index contributed by atoms with van der Waals surface area (Å²) in [5, 5.41) is 2.77. The van der Waals surface area contributed by atoms with Crippen LogP contribution in [0.25, 0.3) is 0 Å². The van der Waals surface area contributed by atoms with Crippen molar-refractivity contribution in [1.29, 1.82) is 0 Å². The lowest BCUT2D eigenvalue weighted by Gasteiger charge is -2.21. The molecule has 19 heavy (non-hydrogen) atoms. The van der Waals surface area contributed by atoms with E-state index in [1.165, 1.54) is 0 Å². The Bertz CT molecular complexity index is 578. The maximum absolute atomic E-state index is 12.0. The van der Waals surface area contributed by atoms with E-state index in [2.05, 4.69) is 15.3 Å². The van der Waals surface area contributed by atoms with Crippen LogP contribution in [-0.4, -0.2) is 28.6 Å². The SMILES string of the molecule is Cc1nc(C2=NC(C)(C(C)C)C(=O)N2)ccc1C=O. The molecule has 1 aromatic heterocycles. The van der Waals surface area contributed by atoms with E-state index in [0.717, 1.165) is 6.29 Å². The zero-order chi connectivity index (χ0) is 14.2. The molecule has 0 aromatic carbocycles. The average Bonchev–Trinajstić information content (AvgIpc) is 2.67. The minimum Gasteiger partial charge on any atom is -0.307 e. The second-order valence-electron chi connectivity index (χ2n) is 5.21. The van der Waals surface area contributed by atoms with Crippen LogP contribution in [0.5, 0.6) is 0 Å². The number of aliphatic imine (C=N–C) groups is 1. The molecule has 1 N–H and O–H groups in total. The molecule has 100 valence electrons. The average molecular weight is 259 g/mol. The standard InChI is InChI=1S/C14H17N3O2/c1-8(2)14(4)13(19)16-12(17-14)11-6-5-10(7-18)9(3)15-11/h5-8H,1-4H3,(H,16,17,19). The first kappa shape index (κ1) is 13.4. The summed E-state index contributed by atoms with van der Waals surface area (Å²) in [6, 6.07) is 3.38. The highest BCUT2D eigenvalue weighted by molar-refractivity contribution is 6.14. The van der Waals surface area contributed by atoms with E-state index in [9.17, 15) is 9.59 Å². The van der Waals surface area contributed by atoms with Gasteiger partial charge in [-0.25, -0.2) is 9.98 Å².